The first-order valence-corrected chi connectivity index (χ1v) is 7.87. The lowest BCUT2D eigenvalue weighted by molar-refractivity contribution is 0.667. The van der Waals surface area contributed by atoms with Gasteiger partial charge in [0.1, 0.15) is 11.6 Å². The van der Waals surface area contributed by atoms with E-state index < -0.39 is 0 Å². The maximum atomic E-state index is 5.84. The predicted molar refractivity (Wildman–Crippen MR) is 80.3 cm³/mol. The van der Waals surface area contributed by atoms with Gasteiger partial charge in [0.25, 0.3) is 0 Å². The summed E-state index contributed by atoms with van der Waals surface area (Å²) in [7, 11) is 0. The van der Waals surface area contributed by atoms with Gasteiger partial charge in [0, 0.05) is 19.2 Å². The van der Waals surface area contributed by atoms with Crippen LogP contribution in [-0.4, -0.2) is 29.3 Å². The van der Waals surface area contributed by atoms with Gasteiger partial charge in [-0.15, -0.1) is 0 Å². The highest BCUT2D eigenvalue weighted by molar-refractivity contribution is 7.98. The van der Waals surface area contributed by atoms with Crippen LogP contribution in [0.25, 0.3) is 0 Å². The van der Waals surface area contributed by atoms with E-state index in [0.717, 1.165) is 24.1 Å². The largest absolute Gasteiger partial charge is 0.383 e. The Morgan fingerprint density at radius 1 is 1.17 bits per heavy atom. The minimum absolute atomic E-state index is 0.558. The summed E-state index contributed by atoms with van der Waals surface area (Å²) in [6, 6.07) is 1.88. The van der Waals surface area contributed by atoms with E-state index in [1.54, 1.807) is 0 Å². The summed E-state index contributed by atoms with van der Waals surface area (Å²) in [4.78, 5) is 11.1. The molecule has 1 aromatic rings. The van der Waals surface area contributed by atoms with Gasteiger partial charge in [-0.25, -0.2) is 9.97 Å². The predicted octanol–water partition coefficient (Wildman–Crippen LogP) is 3.19. The second-order valence-electron chi connectivity index (χ2n) is 4.33. The number of thioether (sulfide) groups is 1. The summed E-state index contributed by atoms with van der Waals surface area (Å²) in [6.07, 6.45) is 6.72. The molecular weight excluding hydrogens is 244 g/mol. The number of nitrogens with two attached hydrogens (primary N) is 1. The Kier molecular flexibility index (Phi) is 6.86. The highest BCUT2D eigenvalue weighted by Crippen LogP contribution is 2.19. The van der Waals surface area contributed by atoms with E-state index >= 15 is 0 Å². The molecule has 0 aliphatic carbocycles. The molecule has 2 N–H and O–H groups in total. The van der Waals surface area contributed by atoms with Crippen molar-refractivity contribution in [2.75, 3.05) is 30.0 Å². The standard InChI is InChI=1S/C13H24N4S/c1-4-6-8-17(9-7-5-2)12-10-11(14)15-13(16-12)18-3/h10H,4-9H2,1-3H3,(H2,14,15,16). The van der Waals surface area contributed by atoms with Gasteiger partial charge in [0.05, 0.1) is 0 Å². The van der Waals surface area contributed by atoms with Gasteiger partial charge in [-0.2, -0.15) is 0 Å². The van der Waals surface area contributed by atoms with Crippen LogP contribution < -0.4 is 10.6 Å². The Morgan fingerprint density at radius 3 is 2.28 bits per heavy atom. The van der Waals surface area contributed by atoms with Crippen LogP contribution in [0.5, 0.6) is 0 Å². The lowest BCUT2D eigenvalue weighted by Crippen LogP contribution is -2.27. The molecule has 4 nitrogen and oxygen atoms in total. The molecular formula is C13H24N4S. The third-order valence-electron chi connectivity index (χ3n) is 2.78. The maximum Gasteiger partial charge on any atom is 0.191 e. The molecule has 1 rings (SSSR count). The zero-order valence-electron chi connectivity index (χ0n) is 11.6. The van der Waals surface area contributed by atoms with Gasteiger partial charge in [-0.05, 0) is 19.1 Å². The van der Waals surface area contributed by atoms with E-state index in [1.165, 1.54) is 37.4 Å². The molecule has 0 aliphatic rings. The summed E-state index contributed by atoms with van der Waals surface area (Å²) in [5.41, 5.74) is 5.84. The number of aromatic nitrogens is 2. The minimum atomic E-state index is 0.558. The first-order valence-electron chi connectivity index (χ1n) is 6.64. The molecule has 0 unspecified atom stereocenters. The fraction of sp³-hybridized carbons (Fsp3) is 0.692. The number of rotatable bonds is 8. The van der Waals surface area contributed by atoms with Gasteiger partial charge in [-0.3, -0.25) is 0 Å². The van der Waals surface area contributed by atoms with Gasteiger partial charge in [-0.1, -0.05) is 38.5 Å². The Balaban J connectivity index is 2.84. The van der Waals surface area contributed by atoms with E-state index in [4.69, 9.17) is 5.73 Å². The van der Waals surface area contributed by atoms with Crippen LogP contribution in [0.2, 0.25) is 0 Å². The Labute approximate surface area is 114 Å². The van der Waals surface area contributed by atoms with Crippen molar-refractivity contribution in [3.63, 3.8) is 0 Å². The van der Waals surface area contributed by atoms with Gasteiger partial charge in [0.2, 0.25) is 0 Å². The zero-order chi connectivity index (χ0) is 13.4. The molecule has 0 bridgehead atoms. The highest BCUT2D eigenvalue weighted by Gasteiger charge is 2.10. The van der Waals surface area contributed by atoms with Crippen molar-refractivity contribution in [2.24, 2.45) is 0 Å². The molecule has 0 saturated carbocycles. The molecule has 102 valence electrons. The van der Waals surface area contributed by atoms with Crippen LogP contribution in [0.15, 0.2) is 11.2 Å². The number of hydrogen-bond acceptors (Lipinski definition) is 5. The van der Waals surface area contributed by atoms with E-state index in [-0.39, 0.29) is 0 Å². The third-order valence-corrected chi connectivity index (χ3v) is 3.33. The Bertz CT molecular complexity index is 349. The van der Waals surface area contributed by atoms with Crippen LogP contribution in [0.1, 0.15) is 39.5 Å². The lowest BCUT2D eigenvalue weighted by atomic mass is 10.2. The molecule has 0 spiro atoms. The van der Waals surface area contributed by atoms with Crippen LogP contribution in [0, 0.1) is 0 Å². The van der Waals surface area contributed by atoms with Crippen LogP contribution >= 0.6 is 11.8 Å². The second kappa shape index (κ2) is 8.19. The maximum absolute atomic E-state index is 5.84. The number of nitrogen functional groups attached to an aromatic ring is 1. The fourth-order valence-electron chi connectivity index (χ4n) is 1.72. The summed E-state index contributed by atoms with van der Waals surface area (Å²) < 4.78 is 0. The molecule has 1 heterocycles. The van der Waals surface area contributed by atoms with Crippen LogP contribution in [-0.2, 0) is 0 Å². The fourth-order valence-corrected chi connectivity index (χ4v) is 2.10. The van der Waals surface area contributed by atoms with Gasteiger partial charge in [0.15, 0.2) is 5.16 Å². The molecule has 0 atom stereocenters. The first-order chi connectivity index (χ1) is 8.71. The average molecular weight is 268 g/mol. The molecule has 1 aromatic heterocycles. The molecule has 0 saturated heterocycles. The number of unbranched alkanes of at least 4 members (excludes halogenated alkanes) is 2. The quantitative estimate of drug-likeness (QED) is 0.579. The van der Waals surface area contributed by atoms with Crippen molar-refractivity contribution < 1.29 is 0 Å². The molecule has 0 radical (unpaired) electrons. The summed E-state index contributed by atoms with van der Waals surface area (Å²) in [5, 5.41) is 0.753. The van der Waals surface area contributed by atoms with Crippen molar-refractivity contribution in [2.45, 2.75) is 44.7 Å². The smallest absolute Gasteiger partial charge is 0.191 e. The van der Waals surface area contributed by atoms with E-state index in [9.17, 15) is 0 Å². The van der Waals surface area contributed by atoms with E-state index in [1.807, 2.05) is 12.3 Å². The van der Waals surface area contributed by atoms with Gasteiger partial charge < -0.3 is 10.6 Å². The van der Waals surface area contributed by atoms with Crippen molar-refractivity contribution in [1.29, 1.82) is 0 Å². The van der Waals surface area contributed by atoms with E-state index in [0.29, 0.717) is 5.82 Å². The number of anilines is 2. The molecule has 0 aliphatic heterocycles. The Hall–Kier alpha value is -0.970. The molecule has 18 heavy (non-hydrogen) atoms. The SMILES string of the molecule is CCCCN(CCCC)c1cc(N)nc(SC)n1. The van der Waals surface area contributed by atoms with Crippen molar-refractivity contribution >= 4 is 23.4 Å². The monoisotopic (exact) mass is 268 g/mol. The summed E-state index contributed by atoms with van der Waals surface area (Å²) in [6.45, 7) is 6.50. The van der Waals surface area contributed by atoms with Crippen molar-refractivity contribution in [1.82, 2.24) is 9.97 Å². The molecule has 0 fully saturated rings. The zero-order valence-corrected chi connectivity index (χ0v) is 12.5. The van der Waals surface area contributed by atoms with Crippen molar-refractivity contribution in [3.05, 3.63) is 6.07 Å². The lowest BCUT2D eigenvalue weighted by Gasteiger charge is -2.23. The third kappa shape index (κ3) is 4.72. The van der Waals surface area contributed by atoms with Crippen molar-refractivity contribution in [3.8, 4) is 0 Å². The Morgan fingerprint density at radius 2 is 1.78 bits per heavy atom. The number of hydrogen-bond donors (Lipinski definition) is 1. The summed E-state index contributed by atoms with van der Waals surface area (Å²) >= 11 is 1.53. The molecule has 0 amide bonds. The topological polar surface area (TPSA) is 55.0 Å². The minimum Gasteiger partial charge on any atom is -0.383 e. The van der Waals surface area contributed by atoms with Crippen LogP contribution in [0.4, 0.5) is 11.6 Å². The van der Waals surface area contributed by atoms with Crippen LogP contribution in [0.3, 0.4) is 0 Å². The van der Waals surface area contributed by atoms with Gasteiger partial charge >= 0.3 is 0 Å². The highest BCUT2D eigenvalue weighted by atomic mass is 32.2. The average Bonchev–Trinajstić information content (AvgIpc) is 2.38. The first kappa shape index (κ1) is 15.1. The molecule has 0 aromatic carbocycles. The summed E-state index contributed by atoms with van der Waals surface area (Å²) in [5.74, 6) is 1.52. The van der Waals surface area contributed by atoms with E-state index in [2.05, 4.69) is 28.7 Å². The normalized spacial score (nSPS) is 10.6. The second-order valence-corrected chi connectivity index (χ2v) is 5.11. The number of nitrogens with zero attached hydrogens (tertiary/aromatic N) is 3. The molecule has 5 heteroatoms.